The molecule has 1 atom stereocenters. The predicted molar refractivity (Wildman–Crippen MR) is 82.4 cm³/mol. The number of rotatable bonds is 7. The van der Waals surface area contributed by atoms with Gasteiger partial charge in [-0.1, -0.05) is 45.1 Å². The van der Waals surface area contributed by atoms with Crippen molar-refractivity contribution in [1.29, 1.82) is 0 Å². The van der Waals surface area contributed by atoms with Crippen LogP contribution in [-0.2, 0) is 0 Å². The molecule has 0 fully saturated rings. The Morgan fingerprint density at radius 3 is 2.60 bits per heavy atom. The first kappa shape index (κ1) is 15.2. The number of fused-ring (bicyclic) bond motifs is 1. The third-order valence-electron chi connectivity index (χ3n) is 3.82. The minimum atomic E-state index is 0.105. The Morgan fingerprint density at radius 2 is 1.80 bits per heavy atom. The molecule has 1 aromatic rings. The van der Waals surface area contributed by atoms with Crippen molar-refractivity contribution in [3.63, 3.8) is 0 Å². The van der Waals surface area contributed by atoms with Crippen molar-refractivity contribution in [3.8, 4) is 11.5 Å². The van der Waals surface area contributed by atoms with E-state index in [1.807, 2.05) is 6.07 Å². The zero-order valence-electron chi connectivity index (χ0n) is 12.6. The van der Waals surface area contributed by atoms with E-state index in [1.165, 1.54) is 32.1 Å². The van der Waals surface area contributed by atoms with Crippen molar-refractivity contribution in [2.75, 3.05) is 13.2 Å². The van der Waals surface area contributed by atoms with E-state index in [9.17, 15) is 0 Å². The molecule has 1 heterocycles. The van der Waals surface area contributed by atoms with Crippen LogP contribution >= 0.6 is 0 Å². The van der Waals surface area contributed by atoms with Crippen LogP contribution in [0.5, 0.6) is 11.5 Å². The van der Waals surface area contributed by atoms with Gasteiger partial charge in [-0.05, 0) is 24.1 Å². The lowest BCUT2D eigenvalue weighted by atomic mass is 10.00. The second-order valence-electron chi connectivity index (χ2n) is 5.57. The second kappa shape index (κ2) is 8.15. The molecule has 1 aliphatic rings. The van der Waals surface area contributed by atoms with Crippen LogP contribution < -0.4 is 15.2 Å². The van der Waals surface area contributed by atoms with Gasteiger partial charge in [0.05, 0.1) is 13.2 Å². The standard InChI is InChI=1S/C17H27NO2/c1-2-3-4-5-6-8-15(18)14-9-10-16-17(13-14)20-12-7-11-19-16/h9-10,13,15H,2-8,11-12,18H2,1H3. The van der Waals surface area contributed by atoms with Crippen molar-refractivity contribution in [2.45, 2.75) is 57.9 Å². The average Bonchev–Trinajstić information content (AvgIpc) is 2.71. The molecular weight excluding hydrogens is 250 g/mol. The normalized spacial score (nSPS) is 15.7. The van der Waals surface area contributed by atoms with Crippen molar-refractivity contribution < 1.29 is 9.47 Å². The lowest BCUT2D eigenvalue weighted by molar-refractivity contribution is 0.297. The Bertz CT molecular complexity index is 406. The van der Waals surface area contributed by atoms with Crippen LogP contribution in [0.15, 0.2) is 18.2 Å². The molecule has 0 radical (unpaired) electrons. The summed E-state index contributed by atoms with van der Waals surface area (Å²) >= 11 is 0. The van der Waals surface area contributed by atoms with Crippen molar-refractivity contribution in [2.24, 2.45) is 5.73 Å². The summed E-state index contributed by atoms with van der Waals surface area (Å²) in [6, 6.07) is 6.22. The maximum atomic E-state index is 6.29. The van der Waals surface area contributed by atoms with Gasteiger partial charge >= 0.3 is 0 Å². The van der Waals surface area contributed by atoms with Crippen LogP contribution in [0.3, 0.4) is 0 Å². The summed E-state index contributed by atoms with van der Waals surface area (Å²) in [5.74, 6) is 1.70. The van der Waals surface area contributed by atoms with E-state index in [-0.39, 0.29) is 6.04 Å². The highest BCUT2D eigenvalue weighted by Gasteiger charge is 2.13. The topological polar surface area (TPSA) is 44.5 Å². The van der Waals surface area contributed by atoms with E-state index in [0.717, 1.165) is 43.1 Å². The van der Waals surface area contributed by atoms with E-state index in [2.05, 4.69) is 19.1 Å². The fourth-order valence-corrected chi connectivity index (χ4v) is 2.54. The zero-order valence-corrected chi connectivity index (χ0v) is 12.6. The summed E-state index contributed by atoms with van der Waals surface area (Å²) in [5.41, 5.74) is 7.44. The Labute approximate surface area is 122 Å². The van der Waals surface area contributed by atoms with E-state index in [4.69, 9.17) is 15.2 Å². The Morgan fingerprint density at radius 1 is 1.05 bits per heavy atom. The maximum absolute atomic E-state index is 6.29. The third kappa shape index (κ3) is 4.41. The number of ether oxygens (including phenoxy) is 2. The minimum Gasteiger partial charge on any atom is -0.490 e. The smallest absolute Gasteiger partial charge is 0.161 e. The fourth-order valence-electron chi connectivity index (χ4n) is 2.54. The molecule has 20 heavy (non-hydrogen) atoms. The largest absolute Gasteiger partial charge is 0.490 e. The van der Waals surface area contributed by atoms with Gasteiger partial charge in [-0.3, -0.25) is 0 Å². The Kier molecular flexibility index (Phi) is 6.19. The molecule has 0 aromatic heterocycles. The fraction of sp³-hybridized carbons (Fsp3) is 0.647. The highest BCUT2D eigenvalue weighted by molar-refractivity contribution is 5.44. The highest BCUT2D eigenvalue weighted by atomic mass is 16.5. The summed E-state index contributed by atoms with van der Waals surface area (Å²) in [6.07, 6.45) is 8.41. The molecule has 112 valence electrons. The third-order valence-corrected chi connectivity index (χ3v) is 3.82. The van der Waals surface area contributed by atoms with Gasteiger partial charge in [-0.15, -0.1) is 0 Å². The summed E-state index contributed by atoms with van der Waals surface area (Å²) in [6.45, 7) is 3.70. The number of unbranched alkanes of at least 4 members (excludes halogenated alkanes) is 4. The minimum absolute atomic E-state index is 0.105. The Hall–Kier alpha value is -1.22. The van der Waals surface area contributed by atoms with Gasteiger partial charge in [0.15, 0.2) is 11.5 Å². The van der Waals surface area contributed by atoms with E-state index in [1.54, 1.807) is 0 Å². The van der Waals surface area contributed by atoms with Crippen molar-refractivity contribution in [3.05, 3.63) is 23.8 Å². The molecule has 0 saturated heterocycles. The molecule has 2 N–H and O–H groups in total. The molecule has 1 aromatic carbocycles. The van der Waals surface area contributed by atoms with Crippen molar-refractivity contribution >= 4 is 0 Å². The summed E-state index contributed by atoms with van der Waals surface area (Å²) < 4.78 is 11.4. The molecule has 3 heteroatoms. The molecule has 3 nitrogen and oxygen atoms in total. The number of hydrogen-bond acceptors (Lipinski definition) is 3. The quantitative estimate of drug-likeness (QED) is 0.759. The monoisotopic (exact) mass is 277 g/mol. The number of nitrogens with two attached hydrogens (primary N) is 1. The van der Waals surface area contributed by atoms with Crippen molar-refractivity contribution in [1.82, 2.24) is 0 Å². The number of hydrogen-bond donors (Lipinski definition) is 1. The van der Waals surface area contributed by atoms with E-state index < -0.39 is 0 Å². The molecular formula is C17H27NO2. The van der Waals surface area contributed by atoms with Gasteiger partial charge in [0.2, 0.25) is 0 Å². The molecule has 0 bridgehead atoms. The summed E-state index contributed by atoms with van der Waals surface area (Å²) in [7, 11) is 0. The number of benzene rings is 1. The first-order chi connectivity index (χ1) is 9.81. The van der Waals surface area contributed by atoms with Crippen LogP contribution in [0, 0.1) is 0 Å². The van der Waals surface area contributed by atoms with Gasteiger partial charge in [-0.25, -0.2) is 0 Å². The lowest BCUT2D eigenvalue weighted by Crippen LogP contribution is -2.10. The maximum Gasteiger partial charge on any atom is 0.161 e. The summed E-state index contributed by atoms with van der Waals surface area (Å²) in [4.78, 5) is 0. The second-order valence-corrected chi connectivity index (χ2v) is 5.57. The highest BCUT2D eigenvalue weighted by Crippen LogP contribution is 2.32. The van der Waals surface area contributed by atoms with Gasteiger partial charge in [0.25, 0.3) is 0 Å². The molecule has 0 spiro atoms. The summed E-state index contributed by atoms with van der Waals surface area (Å²) in [5, 5.41) is 0. The van der Waals surface area contributed by atoms with Crippen LogP contribution in [0.1, 0.15) is 63.5 Å². The van der Waals surface area contributed by atoms with Crippen LogP contribution in [0.25, 0.3) is 0 Å². The first-order valence-electron chi connectivity index (χ1n) is 7.96. The first-order valence-corrected chi connectivity index (χ1v) is 7.96. The molecule has 0 aliphatic carbocycles. The molecule has 1 aliphatic heterocycles. The van der Waals surface area contributed by atoms with Gasteiger partial charge in [0.1, 0.15) is 0 Å². The van der Waals surface area contributed by atoms with Crippen LogP contribution in [-0.4, -0.2) is 13.2 Å². The molecule has 0 saturated carbocycles. The SMILES string of the molecule is CCCCCCCC(N)c1ccc2c(c1)OCCCO2. The van der Waals surface area contributed by atoms with Crippen LogP contribution in [0.4, 0.5) is 0 Å². The predicted octanol–water partition coefficient (Wildman–Crippen LogP) is 4.21. The Balaban J connectivity index is 1.86. The zero-order chi connectivity index (χ0) is 14.2. The van der Waals surface area contributed by atoms with E-state index in [0.29, 0.717) is 0 Å². The molecule has 2 rings (SSSR count). The van der Waals surface area contributed by atoms with Crippen LogP contribution in [0.2, 0.25) is 0 Å². The average molecular weight is 277 g/mol. The molecule has 0 amide bonds. The van der Waals surface area contributed by atoms with Gasteiger partial charge < -0.3 is 15.2 Å². The van der Waals surface area contributed by atoms with Gasteiger partial charge in [-0.2, -0.15) is 0 Å². The lowest BCUT2D eigenvalue weighted by Gasteiger charge is -2.14. The van der Waals surface area contributed by atoms with Gasteiger partial charge in [0, 0.05) is 12.5 Å². The van der Waals surface area contributed by atoms with E-state index >= 15 is 0 Å². The molecule has 1 unspecified atom stereocenters.